The fourth-order valence-corrected chi connectivity index (χ4v) is 5.66. The molecule has 3 heterocycles. The third-order valence-corrected chi connectivity index (χ3v) is 7.64. The lowest BCUT2D eigenvalue weighted by Crippen LogP contribution is -2.42. The second-order valence-corrected chi connectivity index (χ2v) is 10.6. The Balaban J connectivity index is 1.21. The number of nitrogens with one attached hydrogen (secondary N) is 1. The first-order valence-electron chi connectivity index (χ1n) is 13.9. The van der Waals surface area contributed by atoms with Gasteiger partial charge in [0.1, 0.15) is 0 Å². The summed E-state index contributed by atoms with van der Waals surface area (Å²) in [6.07, 6.45) is 6.32. The number of hydrogen-bond acceptors (Lipinski definition) is 6. The molecule has 4 aromatic rings. The van der Waals surface area contributed by atoms with E-state index in [1.165, 1.54) is 18.0 Å². The highest BCUT2D eigenvalue weighted by Crippen LogP contribution is 2.32. The van der Waals surface area contributed by atoms with Crippen molar-refractivity contribution in [2.45, 2.75) is 51.1 Å². The molecule has 2 amide bonds. The second-order valence-electron chi connectivity index (χ2n) is 10.6. The molecule has 208 valence electrons. The molecule has 9 heteroatoms. The van der Waals surface area contributed by atoms with Gasteiger partial charge < -0.3 is 26.3 Å². The first-order valence-corrected chi connectivity index (χ1v) is 13.9. The van der Waals surface area contributed by atoms with Crippen molar-refractivity contribution in [3.63, 3.8) is 0 Å². The SMILES string of the molecule is CC(=O)NCCn1c(C2CCCN(C(=O)C[C@H](N)Cc3ccc(-c4cnc(N)nc4)cc3)C2)cc2ccccc21. The Morgan fingerprint density at radius 1 is 1.07 bits per heavy atom. The van der Waals surface area contributed by atoms with Crippen molar-refractivity contribution in [3.8, 4) is 11.1 Å². The Hall–Kier alpha value is -4.24. The number of benzene rings is 2. The molecule has 5 rings (SSSR count). The molecule has 0 saturated carbocycles. The molecule has 1 fully saturated rings. The molecule has 5 N–H and O–H groups in total. The van der Waals surface area contributed by atoms with Crippen molar-refractivity contribution in [1.82, 2.24) is 24.8 Å². The molecule has 0 aliphatic carbocycles. The number of carbonyl (C=O) groups excluding carboxylic acids is 2. The number of amides is 2. The molecule has 0 bridgehead atoms. The fourth-order valence-electron chi connectivity index (χ4n) is 5.66. The number of rotatable bonds is 9. The first-order chi connectivity index (χ1) is 19.4. The molecule has 1 unspecified atom stereocenters. The zero-order valence-corrected chi connectivity index (χ0v) is 22.9. The second kappa shape index (κ2) is 12.3. The maximum absolute atomic E-state index is 13.3. The van der Waals surface area contributed by atoms with Crippen LogP contribution in [0.5, 0.6) is 0 Å². The first kappa shape index (κ1) is 27.3. The summed E-state index contributed by atoms with van der Waals surface area (Å²) in [5.74, 6) is 0.564. The normalized spacial score (nSPS) is 16.1. The Labute approximate surface area is 234 Å². The number of likely N-dealkylation sites (tertiary alicyclic amines) is 1. The summed E-state index contributed by atoms with van der Waals surface area (Å²) in [6.45, 7) is 4.24. The standard InChI is InChI=1S/C31H37N7O2/c1-21(39)34-12-14-38-28-7-3-2-5-24(28)16-29(38)25-6-4-13-37(20-25)30(40)17-27(32)15-22-8-10-23(11-9-22)26-18-35-31(33)36-19-26/h2-3,5,7-11,16,18-19,25,27H,4,6,12-15,17,20,32H2,1H3,(H,34,39)(H2,33,35,36)/t25?,27-/m1/s1. The smallest absolute Gasteiger partial charge is 0.224 e. The van der Waals surface area contributed by atoms with Gasteiger partial charge in [-0.1, -0.05) is 42.5 Å². The molecule has 2 aromatic heterocycles. The van der Waals surface area contributed by atoms with Gasteiger partial charge in [0, 0.05) is 80.7 Å². The van der Waals surface area contributed by atoms with E-state index in [2.05, 4.69) is 38.1 Å². The molecule has 0 radical (unpaired) electrons. The largest absolute Gasteiger partial charge is 0.368 e. The van der Waals surface area contributed by atoms with Crippen LogP contribution in [0.25, 0.3) is 22.0 Å². The monoisotopic (exact) mass is 539 g/mol. The number of piperidine rings is 1. The molecular weight excluding hydrogens is 502 g/mol. The Bertz CT molecular complexity index is 1460. The summed E-state index contributed by atoms with van der Waals surface area (Å²) < 4.78 is 2.30. The van der Waals surface area contributed by atoms with E-state index in [0.717, 1.165) is 41.6 Å². The van der Waals surface area contributed by atoms with E-state index >= 15 is 0 Å². The lowest BCUT2D eigenvalue weighted by atomic mass is 9.93. The van der Waals surface area contributed by atoms with Crippen LogP contribution in [0.15, 0.2) is 67.0 Å². The van der Waals surface area contributed by atoms with Crippen molar-refractivity contribution in [2.24, 2.45) is 5.73 Å². The van der Waals surface area contributed by atoms with Gasteiger partial charge in [-0.15, -0.1) is 0 Å². The van der Waals surface area contributed by atoms with E-state index in [4.69, 9.17) is 11.5 Å². The van der Waals surface area contributed by atoms with Crippen molar-refractivity contribution >= 4 is 28.7 Å². The number of anilines is 1. The summed E-state index contributed by atoms with van der Waals surface area (Å²) in [7, 11) is 0. The van der Waals surface area contributed by atoms with Crippen LogP contribution in [0.3, 0.4) is 0 Å². The average Bonchev–Trinajstić information content (AvgIpc) is 3.32. The molecule has 1 aliphatic heterocycles. The van der Waals surface area contributed by atoms with Gasteiger partial charge in [0.05, 0.1) is 0 Å². The molecule has 2 aromatic carbocycles. The van der Waals surface area contributed by atoms with Crippen LogP contribution < -0.4 is 16.8 Å². The third kappa shape index (κ3) is 6.48. The topological polar surface area (TPSA) is 132 Å². The molecule has 40 heavy (non-hydrogen) atoms. The Morgan fingerprint density at radius 2 is 1.82 bits per heavy atom. The van der Waals surface area contributed by atoms with Gasteiger partial charge in [0.2, 0.25) is 17.8 Å². The van der Waals surface area contributed by atoms with Crippen molar-refractivity contribution in [3.05, 3.63) is 78.2 Å². The van der Waals surface area contributed by atoms with Crippen LogP contribution >= 0.6 is 0 Å². The van der Waals surface area contributed by atoms with E-state index in [1.54, 1.807) is 12.4 Å². The van der Waals surface area contributed by atoms with E-state index in [9.17, 15) is 9.59 Å². The van der Waals surface area contributed by atoms with Gasteiger partial charge in [-0.3, -0.25) is 9.59 Å². The van der Waals surface area contributed by atoms with Gasteiger partial charge in [-0.25, -0.2) is 9.97 Å². The van der Waals surface area contributed by atoms with Gasteiger partial charge in [0.15, 0.2) is 0 Å². The molecule has 0 spiro atoms. The number of para-hydroxylation sites is 1. The number of hydrogen-bond donors (Lipinski definition) is 3. The van der Waals surface area contributed by atoms with Crippen molar-refractivity contribution < 1.29 is 9.59 Å². The number of fused-ring (bicyclic) bond motifs is 1. The van der Waals surface area contributed by atoms with Crippen LogP contribution in [0.1, 0.15) is 43.4 Å². The lowest BCUT2D eigenvalue weighted by Gasteiger charge is -2.34. The molecular formula is C31H37N7O2. The van der Waals surface area contributed by atoms with Crippen molar-refractivity contribution in [2.75, 3.05) is 25.4 Å². The summed E-state index contributed by atoms with van der Waals surface area (Å²) in [5.41, 5.74) is 17.4. The van der Waals surface area contributed by atoms with Crippen LogP contribution in [-0.4, -0.2) is 56.9 Å². The highest BCUT2D eigenvalue weighted by atomic mass is 16.2. The number of nitrogens with two attached hydrogens (primary N) is 2. The van der Waals surface area contributed by atoms with Crippen LogP contribution in [0.4, 0.5) is 5.95 Å². The van der Waals surface area contributed by atoms with Gasteiger partial charge >= 0.3 is 0 Å². The van der Waals surface area contributed by atoms with E-state index in [0.29, 0.717) is 32.5 Å². The van der Waals surface area contributed by atoms with Crippen LogP contribution in [0, 0.1) is 0 Å². The van der Waals surface area contributed by atoms with Crippen LogP contribution in [0.2, 0.25) is 0 Å². The predicted octanol–water partition coefficient (Wildman–Crippen LogP) is 3.48. The highest BCUT2D eigenvalue weighted by Gasteiger charge is 2.28. The average molecular weight is 540 g/mol. The van der Waals surface area contributed by atoms with Gasteiger partial charge in [-0.2, -0.15) is 0 Å². The predicted molar refractivity (Wildman–Crippen MR) is 157 cm³/mol. The van der Waals surface area contributed by atoms with Crippen LogP contribution in [-0.2, 0) is 22.6 Å². The zero-order valence-electron chi connectivity index (χ0n) is 22.9. The summed E-state index contributed by atoms with van der Waals surface area (Å²) in [5, 5.41) is 4.09. The Morgan fingerprint density at radius 3 is 2.58 bits per heavy atom. The molecule has 2 atom stereocenters. The Kier molecular flexibility index (Phi) is 8.40. The minimum absolute atomic E-state index is 0.0314. The quantitative estimate of drug-likeness (QED) is 0.298. The number of nitrogen functional groups attached to an aromatic ring is 1. The van der Waals surface area contributed by atoms with Gasteiger partial charge in [0.25, 0.3) is 0 Å². The molecule has 1 aliphatic rings. The maximum Gasteiger partial charge on any atom is 0.224 e. The summed E-state index contributed by atoms with van der Waals surface area (Å²) in [6, 6.07) is 18.4. The minimum Gasteiger partial charge on any atom is -0.368 e. The summed E-state index contributed by atoms with van der Waals surface area (Å²) in [4.78, 5) is 34.8. The number of nitrogens with zero attached hydrogens (tertiary/aromatic N) is 4. The van der Waals surface area contributed by atoms with E-state index in [1.807, 2.05) is 41.3 Å². The maximum atomic E-state index is 13.3. The highest BCUT2D eigenvalue weighted by molar-refractivity contribution is 5.82. The third-order valence-electron chi connectivity index (χ3n) is 7.64. The zero-order chi connectivity index (χ0) is 28.1. The molecule has 9 nitrogen and oxygen atoms in total. The fraction of sp³-hybridized carbons (Fsp3) is 0.355. The minimum atomic E-state index is -0.261. The molecule has 1 saturated heterocycles. The number of aromatic nitrogens is 3. The lowest BCUT2D eigenvalue weighted by molar-refractivity contribution is -0.132. The van der Waals surface area contributed by atoms with E-state index in [-0.39, 0.29) is 29.7 Å². The number of carbonyl (C=O) groups is 2. The van der Waals surface area contributed by atoms with Gasteiger partial charge in [-0.05, 0) is 47.9 Å². The van der Waals surface area contributed by atoms with E-state index < -0.39 is 0 Å². The summed E-state index contributed by atoms with van der Waals surface area (Å²) >= 11 is 0. The van der Waals surface area contributed by atoms with Crippen molar-refractivity contribution in [1.29, 1.82) is 0 Å².